The van der Waals surface area contributed by atoms with Crippen molar-refractivity contribution in [2.45, 2.75) is 0 Å². The Morgan fingerprint density at radius 1 is 1.08 bits per heavy atom. The Morgan fingerprint density at radius 2 is 1.62 bits per heavy atom. The summed E-state index contributed by atoms with van der Waals surface area (Å²) in [6.07, 6.45) is -1.25. The number of nitrogens with two attached hydrogens (primary N) is 1. The molecule has 130 valence electrons. The van der Waals surface area contributed by atoms with E-state index in [-0.39, 0.29) is 0 Å². The van der Waals surface area contributed by atoms with Crippen molar-refractivity contribution in [1.29, 1.82) is 0 Å². The van der Waals surface area contributed by atoms with Crippen LogP contribution in [0.3, 0.4) is 0 Å². The highest BCUT2D eigenvalue weighted by atomic mass is 32.2. The van der Waals surface area contributed by atoms with Gasteiger partial charge in [0.05, 0.1) is 5.69 Å². The molecular formula is C13H11F3N2O5S. The minimum absolute atomic E-state index is 0.537. The van der Waals surface area contributed by atoms with E-state index in [1.54, 1.807) is 0 Å². The van der Waals surface area contributed by atoms with Crippen molar-refractivity contribution in [3.05, 3.63) is 59.9 Å². The molecule has 2 aromatic rings. The van der Waals surface area contributed by atoms with Gasteiger partial charge in [0.1, 0.15) is 11.6 Å². The quantitative estimate of drug-likeness (QED) is 0.723. The number of halogens is 3. The molecule has 0 unspecified atom stereocenters. The molecule has 0 heterocycles. The van der Waals surface area contributed by atoms with Crippen LogP contribution < -0.4 is 15.2 Å². The third-order valence-electron chi connectivity index (χ3n) is 2.20. The molecule has 0 atom stereocenters. The van der Waals surface area contributed by atoms with Crippen LogP contribution in [0, 0.1) is 17.5 Å². The largest absolute Gasteiger partial charge is 0.410 e. The Balaban J connectivity index is 0.000000300. The number of hydrogen-bond acceptors (Lipinski definition) is 4. The van der Waals surface area contributed by atoms with Crippen LogP contribution in [0.1, 0.15) is 0 Å². The van der Waals surface area contributed by atoms with Crippen LogP contribution in [0.5, 0.6) is 5.75 Å². The zero-order chi connectivity index (χ0) is 18.3. The summed E-state index contributed by atoms with van der Waals surface area (Å²) in [5, 5.41) is 0. The molecule has 0 aliphatic heterocycles. The van der Waals surface area contributed by atoms with Gasteiger partial charge in [0.2, 0.25) is 0 Å². The Kier molecular flexibility index (Phi) is 6.56. The van der Waals surface area contributed by atoms with Crippen molar-refractivity contribution in [3.63, 3.8) is 0 Å². The van der Waals surface area contributed by atoms with E-state index in [9.17, 15) is 26.4 Å². The number of carbonyl (C=O) groups is 1. The van der Waals surface area contributed by atoms with Gasteiger partial charge in [-0.15, -0.1) is 0 Å². The fraction of sp³-hybridized carbons (Fsp3) is 0. The summed E-state index contributed by atoms with van der Waals surface area (Å²) in [6.45, 7) is 0. The van der Waals surface area contributed by atoms with Crippen LogP contribution >= 0.6 is 0 Å². The SMILES string of the molecule is Fc1cccc(F)c1.NC(=O)Oc1cccc(NS(=O)(=O)O)c1F. The number of primary amides is 1. The average molecular weight is 364 g/mol. The van der Waals surface area contributed by atoms with Gasteiger partial charge in [-0.25, -0.2) is 18.0 Å². The minimum Gasteiger partial charge on any atom is -0.407 e. The minimum atomic E-state index is -4.61. The molecule has 11 heteroatoms. The molecule has 0 aromatic heterocycles. The smallest absolute Gasteiger partial charge is 0.407 e. The first-order valence-corrected chi connectivity index (χ1v) is 7.44. The monoisotopic (exact) mass is 364 g/mol. The summed E-state index contributed by atoms with van der Waals surface area (Å²) in [5.74, 6) is -2.80. The maximum atomic E-state index is 13.4. The lowest BCUT2D eigenvalue weighted by atomic mass is 10.3. The van der Waals surface area contributed by atoms with Crippen molar-refractivity contribution >= 4 is 22.1 Å². The maximum absolute atomic E-state index is 13.4. The van der Waals surface area contributed by atoms with Crippen LogP contribution in [0.4, 0.5) is 23.7 Å². The van der Waals surface area contributed by atoms with E-state index < -0.39 is 45.3 Å². The van der Waals surface area contributed by atoms with Gasteiger partial charge < -0.3 is 10.5 Å². The Morgan fingerprint density at radius 3 is 2.04 bits per heavy atom. The Hall–Kier alpha value is -2.79. The Labute approximate surface area is 134 Å². The lowest BCUT2D eigenvalue weighted by Crippen LogP contribution is -2.18. The summed E-state index contributed by atoms with van der Waals surface area (Å²) >= 11 is 0. The van der Waals surface area contributed by atoms with Crippen molar-refractivity contribution in [2.75, 3.05) is 4.72 Å². The number of ether oxygens (including phenoxy) is 1. The second kappa shape index (κ2) is 8.17. The molecule has 2 aromatic carbocycles. The van der Waals surface area contributed by atoms with E-state index in [0.717, 1.165) is 18.2 Å². The summed E-state index contributed by atoms with van der Waals surface area (Å²) in [6, 6.07) is 7.85. The zero-order valence-corrected chi connectivity index (χ0v) is 12.6. The Bertz CT molecular complexity index is 813. The van der Waals surface area contributed by atoms with E-state index in [0.29, 0.717) is 0 Å². The highest BCUT2D eigenvalue weighted by Crippen LogP contribution is 2.24. The molecule has 4 N–H and O–H groups in total. The third-order valence-corrected chi connectivity index (χ3v) is 2.68. The highest BCUT2D eigenvalue weighted by Gasteiger charge is 2.14. The molecule has 1 amide bonds. The van der Waals surface area contributed by atoms with Gasteiger partial charge in [-0.05, 0) is 24.3 Å². The third kappa shape index (κ3) is 6.98. The maximum Gasteiger partial charge on any atom is 0.410 e. The van der Waals surface area contributed by atoms with E-state index >= 15 is 0 Å². The second-order valence-electron chi connectivity index (χ2n) is 4.06. The first-order chi connectivity index (χ1) is 11.1. The molecule has 0 aliphatic rings. The van der Waals surface area contributed by atoms with Crippen molar-refractivity contribution in [3.8, 4) is 5.75 Å². The standard InChI is InChI=1S/C7H7FN2O5S.C6H4F2/c8-6-4(10-16(12,13)14)2-1-3-5(6)15-7(9)11;7-5-2-1-3-6(8)4-5/h1-3,10H,(H2,9,11)(H,12,13,14);1-4H. The van der Waals surface area contributed by atoms with Gasteiger partial charge in [0, 0.05) is 6.07 Å². The fourth-order valence-electron chi connectivity index (χ4n) is 1.38. The second-order valence-corrected chi connectivity index (χ2v) is 5.21. The van der Waals surface area contributed by atoms with E-state index in [1.165, 1.54) is 29.0 Å². The molecule has 0 bridgehead atoms. The van der Waals surface area contributed by atoms with Gasteiger partial charge in [-0.3, -0.25) is 9.27 Å². The molecule has 0 spiro atoms. The van der Waals surface area contributed by atoms with Crippen molar-refractivity contribution < 1.29 is 35.7 Å². The molecule has 2 rings (SSSR count). The van der Waals surface area contributed by atoms with Crippen LogP contribution in [-0.4, -0.2) is 19.1 Å². The molecule has 0 fully saturated rings. The molecular weight excluding hydrogens is 353 g/mol. The van der Waals surface area contributed by atoms with Crippen molar-refractivity contribution in [1.82, 2.24) is 0 Å². The molecule has 24 heavy (non-hydrogen) atoms. The number of carbonyl (C=O) groups excluding carboxylic acids is 1. The first-order valence-electron chi connectivity index (χ1n) is 6.00. The number of anilines is 1. The summed E-state index contributed by atoms with van der Waals surface area (Å²) in [4.78, 5) is 10.4. The van der Waals surface area contributed by atoms with Crippen LogP contribution in [0.15, 0.2) is 42.5 Å². The molecule has 7 nitrogen and oxygen atoms in total. The average Bonchev–Trinajstić information content (AvgIpc) is 2.42. The zero-order valence-electron chi connectivity index (χ0n) is 11.7. The number of rotatable bonds is 3. The van der Waals surface area contributed by atoms with Crippen LogP contribution in [0.25, 0.3) is 0 Å². The van der Waals surface area contributed by atoms with Gasteiger partial charge in [-0.1, -0.05) is 12.1 Å². The normalized spacial score (nSPS) is 10.3. The number of nitrogens with one attached hydrogen (secondary N) is 1. The predicted molar refractivity (Wildman–Crippen MR) is 78.1 cm³/mol. The molecule has 0 saturated heterocycles. The van der Waals surface area contributed by atoms with Gasteiger partial charge in [-0.2, -0.15) is 8.42 Å². The van der Waals surface area contributed by atoms with Gasteiger partial charge in [0.15, 0.2) is 11.6 Å². The molecule has 0 aliphatic carbocycles. The van der Waals surface area contributed by atoms with E-state index in [4.69, 9.17) is 4.55 Å². The number of hydrogen-bond donors (Lipinski definition) is 3. The lowest BCUT2D eigenvalue weighted by molar-refractivity contribution is 0.209. The fourth-order valence-corrected chi connectivity index (χ4v) is 1.81. The molecule has 0 radical (unpaired) electrons. The number of benzene rings is 2. The van der Waals surface area contributed by atoms with E-state index in [2.05, 4.69) is 10.5 Å². The highest BCUT2D eigenvalue weighted by molar-refractivity contribution is 7.87. The van der Waals surface area contributed by atoms with Crippen LogP contribution in [-0.2, 0) is 10.3 Å². The summed E-state index contributed by atoms with van der Waals surface area (Å²) in [5.41, 5.74) is 4.09. The predicted octanol–water partition coefficient (Wildman–Crippen LogP) is 2.46. The molecule has 0 saturated carbocycles. The topological polar surface area (TPSA) is 119 Å². The number of amides is 1. The van der Waals surface area contributed by atoms with E-state index in [1.807, 2.05) is 0 Å². The van der Waals surface area contributed by atoms with Gasteiger partial charge >= 0.3 is 16.4 Å². The summed E-state index contributed by atoms with van der Waals surface area (Å²) < 4.78 is 72.3. The van der Waals surface area contributed by atoms with Crippen molar-refractivity contribution in [2.24, 2.45) is 5.73 Å². The lowest BCUT2D eigenvalue weighted by Gasteiger charge is -2.07. The summed E-state index contributed by atoms with van der Waals surface area (Å²) in [7, 11) is -4.61. The van der Waals surface area contributed by atoms with Gasteiger partial charge in [0.25, 0.3) is 0 Å². The first kappa shape index (κ1) is 19.3. The van der Waals surface area contributed by atoms with Crippen LogP contribution in [0.2, 0.25) is 0 Å².